The topological polar surface area (TPSA) is 38.7 Å². The summed E-state index contributed by atoms with van der Waals surface area (Å²) in [6.07, 6.45) is 1.40. The molecule has 1 atom stereocenters. The number of rotatable bonds is 4. The van der Waals surface area contributed by atoms with Crippen molar-refractivity contribution in [1.82, 2.24) is 0 Å². The first-order valence-corrected chi connectivity index (χ1v) is 8.69. The zero-order valence-corrected chi connectivity index (χ0v) is 13.1. The Hall–Kier alpha value is 0.580. The van der Waals surface area contributed by atoms with Gasteiger partial charge in [0, 0.05) is 6.42 Å². The maximum Gasteiger partial charge on any atom is 0.168 e. The highest BCUT2D eigenvalue weighted by atomic mass is 32.2. The quantitative estimate of drug-likeness (QED) is 0.862. The van der Waals surface area contributed by atoms with Crippen LogP contribution in [0.4, 0.5) is 0 Å². The molecule has 0 bridgehead atoms. The zero-order valence-electron chi connectivity index (χ0n) is 11.5. The fourth-order valence-corrected chi connectivity index (χ4v) is 6.09. The normalized spacial score (nSPS) is 28.5. The molecule has 106 valence electrons. The van der Waals surface area contributed by atoms with Crippen molar-refractivity contribution in [3.63, 3.8) is 0 Å². The average Bonchev–Trinajstić information content (AvgIpc) is 2.76. The van der Waals surface area contributed by atoms with Gasteiger partial charge in [-0.3, -0.25) is 0 Å². The summed E-state index contributed by atoms with van der Waals surface area (Å²) < 4.78 is 11.2. The third-order valence-electron chi connectivity index (χ3n) is 3.68. The van der Waals surface area contributed by atoms with E-state index in [4.69, 9.17) is 9.47 Å². The highest BCUT2D eigenvalue weighted by Crippen LogP contribution is 2.51. The molecule has 2 heterocycles. The molecule has 2 aliphatic rings. The van der Waals surface area contributed by atoms with E-state index in [1.165, 1.54) is 6.42 Å². The lowest BCUT2D eigenvalue weighted by Gasteiger charge is -2.44. The van der Waals surface area contributed by atoms with Gasteiger partial charge in [-0.15, -0.1) is 23.5 Å². The van der Waals surface area contributed by atoms with Gasteiger partial charge in [-0.25, -0.2) is 0 Å². The van der Waals surface area contributed by atoms with Crippen molar-refractivity contribution < 1.29 is 14.6 Å². The van der Waals surface area contributed by atoms with Crippen molar-refractivity contribution in [1.29, 1.82) is 0 Å². The highest BCUT2D eigenvalue weighted by Gasteiger charge is 2.47. The van der Waals surface area contributed by atoms with E-state index < -0.39 is 11.9 Å². The van der Waals surface area contributed by atoms with E-state index in [1.807, 2.05) is 30.4 Å². The third-order valence-corrected chi connectivity index (χ3v) is 7.76. The monoisotopic (exact) mass is 292 g/mol. The van der Waals surface area contributed by atoms with Gasteiger partial charge >= 0.3 is 0 Å². The first kappa shape index (κ1) is 15.0. The maximum absolute atomic E-state index is 10.7. The molecule has 0 radical (unpaired) electrons. The molecule has 0 aromatic heterocycles. The molecule has 1 unspecified atom stereocenters. The summed E-state index contributed by atoms with van der Waals surface area (Å²) in [6, 6.07) is 0. The van der Waals surface area contributed by atoms with Crippen LogP contribution in [0.3, 0.4) is 0 Å². The van der Waals surface area contributed by atoms with E-state index in [2.05, 4.69) is 13.8 Å². The second kappa shape index (κ2) is 5.92. The predicted molar refractivity (Wildman–Crippen MR) is 78.0 cm³/mol. The van der Waals surface area contributed by atoms with E-state index in [9.17, 15) is 5.11 Å². The van der Waals surface area contributed by atoms with E-state index in [-0.39, 0.29) is 4.08 Å². The molecule has 0 aromatic rings. The van der Waals surface area contributed by atoms with Gasteiger partial charge in [-0.2, -0.15) is 0 Å². The Morgan fingerprint density at radius 1 is 1.17 bits per heavy atom. The molecule has 2 fully saturated rings. The molecule has 18 heavy (non-hydrogen) atoms. The number of hydrogen-bond acceptors (Lipinski definition) is 5. The second-order valence-electron chi connectivity index (χ2n) is 5.48. The van der Waals surface area contributed by atoms with Crippen LogP contribution in [0.5, 0.6) is 0 Å². The zero-order chi connectivity index (χ0) is 13.2. The van der Waals surface area contributed by atoms with Crippen molar-refractivity contribution in [2.24, 2.45) is 5.92 Å². The molecule has 0 aliphatic carbocycles. The predicted octanol–water partition coefficient (Wildman–Crippen LogP) is 2.72. The first-order chi connectivity index (χ1) is 8.49. The van der Waals surface area contributed by atoms with Gasteiger partial charge in [-0.1, -0.05) is 13.8 Å². The van der Waals surface area contributed by atoms with E-state index >= 15 is 0 Å². The molecular weight excluding hydrogens is 268 g/mol. The number of aliphatic hydroxyl groups excluding tert-OH is 1. The van der Waals surface area contributed by atoms with Crippen molar-refractivity contribution >= 4 is 23.5 Å². The van der Waals surface area contributed by atoms with Crippen LogP contribution in [-0.2, 0) is 9.47 Å². The minimum Gasteiger partial charge on any atom is -0.391 e. The summed E-state index contributed by atoms with van der Waals surface area (Å²) in [5.41, 5.74) is 0. The van der Waals surface area contributed by atoms with Gasteiger partial charge in [0.1, 0.15) is 0 Å². The van der Waals surface area contributed by atoms with Gasteiger partial charge in [-0.05, 0) is 30.8 Å². The van der Waals surface area contributed by atoms with E-state index in [0.717, 1.165) is 11.5 Å². The van der Waals surface area contributed by atoms with Crippen LogP contribution in [0.1, 0.15) is 33.6 Å². The standard InChI is InChI=1S/C13H24O3S2/c1-10(2)13(17-7-4-8-18-13)11(14)9-12(3)15-5-6-16-12/h10-11,14H,4-9H2,1-3H3. The van der Waals surface area contributed by atoms with Gasteiger partial charge in [0.05, 0.1) is 23.4 Å². The minimum absolute atomic E-state index is 0.101. The molecular formula is C13H24O3S2. The summed E-state index contributed by atoms with van der Waals surface area (Å²) in [4.78, 5) is 0. The molecule has 0 spiro atoms. The molecule has 0 amide bonds. The van der Waals surface area contributed by atoms with Gasteiger partial charge in [0.15, 0.2) is 5.79 Å². The molecule has 2 aliphatic heterocycles. The van der Waals surface area contributed by atoms with Crippen molar-refractivity contribution in [2.75, 3.05) is 24.7 Å². The molecule has 0 aromatic carbocycles. The lowest BCUT2D eigenvalue weighted by molar-refractivity contribution is -0.164. The SMILES string of the molecule is CC(C)C1(C(O)CC2(C)OCCO2)SCCCS1. The summed E-state index contributed by atoms with van der Waals surface area (Å²) >= 11 is 3.82. The number of ether oxygens (including phenoxy) is 2. The summed E-state index contributed by atoms with van der Waals surface area (Å²) in [6.45, 7) is 7.62. The van der Waals surface area contributed by atoms with Crippen molar-refractivity contribution in [3.8, 4) is 0 Å². The Bertz CT molecular complexity index is 271. The first-order valence-electron chi connectivity index (χ1n) is 6.72. The van der Waals surface area contributed by atoms with Crippen LogP contribution in [0, 0.1) is 5.92 Å². The molecule has 2 saturated heterocycles. The van der Waals surface area contributed by atoms with Crippen LogP contribution >= 0.6 is 23.5 Å². The van der Waals surface area contributed by atoms with Crippen LogP contribution in [0.15, 0.2) is 0 Å². The van der Waals surface area contributed by atoms with E-state index in [0.29, 0.717) is 25.6 Å². The molecule has 1 N–H and O–H groups in total. The number of hydrogen-bond donors (Lipinski definition) is 1. The maximum atomic E-state index is 10.7. The summed E-state index contributed by atoms with van der Waals surface area (Å²) in [5.74, 6) is 2.12. The van der Waals surface area contributed by atoms with Crippen LogP contribution in [-0.4, -0.2) is 45.8 Å². The Balaban J connectivity index is 2.05. The lowest BCUT2D eigenvalue weighted by Crippen LogP contribution is -2.47. The van der Waals surface area contributed by atoms with Crippen molar-refractivity contribution in [3.05, 3.63) is 0 Å². The summed E-state index contributed by atoms with van der Waals surface area (Å²) in [5, 5.41) is 10.7. The molecule has 2 rings (SSSR count). The summed E-state index contributed by atoms with van der Waals surface area (Å²) in [7, 11) is 0. The van der Waals surface area contributed by atoms with Gasteiger partial charge < -0.3 is 14.6 Å². The van der Waals surface area contributed by atoms with E-state index in [1.54, 1.807) is 0 Å². The molecule has 5 heteroatoms. The average molecular weight is 292 g/mol. The fraction of sp³-hybridized carbons (Fsp3) is 1.00. The number of aliphatic hydroxyl groups is 1. The smallest absolute Gasteiger partial charge is 0.168 e. The Morgan fingerprint density at radius 2 is 1.72 bits per heavy atom. The van der Waals surface area contributed by atoms with Gasteiger partial charge in [0.2, 0.25) is 0 Å². The Kier molecular flexibility index (Phi) is 4.92. The largest absolute Gasteiger partial charge is 0.391 e. The van der Waals surface area contributed by atoms with Crippen LogP contribution in [0.2, 0.25) is 0 Å². The second-order valence-corrected chi connectivity index (χ2v) is 8.48. The molecule has 0 saturated carbocycles. The Labute approximate surface area is 118 Å². The minimum atomic E-state index is -0.597. The molecule has 3 nitrogen and oxygen atoms in total. The van der Waals surface area contributed by atoms with Crippen LogP contribution in [0.25, 0.3) is 0 Å². The van der Waals surface area contributed by atoms with Gasteiger partial charge in [0.25, 0.3) is 0 Å². The fourth-order valence-electron chi connectivity index (χ4n) is 2.64. The lowest BCUT2D eigenvalue weighted by atomic mass is 9.98. The Morgan fingerprint density at radius 3 is 2.22 bits per heavy atom. The third kappa shape index (κ3) is 3.01. The van der Waals surface area contributed by atoms with Crippen molar-refractivity contribution in [2.45, 2.75) is 49.6 Å². The number of thioether (sulfide) groups is 2. The van der Waals surface area contributed by atoms with Crippen LogP contribution < -0.4 is 0 Å². The highest BCUT2D eigenvalue weighted by molar-refractivity contribution is 8.18.